The third-order valence-corrected chi connectivity index (χ3v) is 2.34. The van der Waals surface area contributed by atoms with Gasteiger partial charge in [0.15, 0.2) is 0 Å². The molecule has 2 rings (SSSR count). The number of aromatic nitrogens is 2. The highest BCUT2D eigenvalue weighted by Crippen LogP contribution is 2.21. The minimum atomic E-state index is 0.381. The summed E-state index contributed by atoms with van der Waals surface area (Å²) in [4.78, 5) is 8.44. The van der Waals surface area contributed by atoms with Gasteiger partial charge in [0.05, 0.1) is 11.4 Å². The molecule has 0 aliphatic rings. The Morgan fingerprint density at radius 2 is 1.73 bits per heavy atom. The first kappa shape index (κ1) is 10.1. The number of rotatable bonds is 2. The highest BCUT2D eigenvalue weighted by atomic mass is 35.5. The molecule has 2 aromatic rings. The van der Waals surface area contributed by atoms with Crippen LogP contribution >= 0.6 is 11.6 Å². The Bertz CT molecular complexity index is 454. The van der Waals surface area contributed by atoms with Crippen LogP contribution in [-0.4, -0.2) is 9.97 Å². The smallest absolute Gasteiger partial charge is 0.0930 e. The molecule has 0 saturated heterocycles. The molecule has 0 amide bonds. The molecule has 3 nitrogen and oxygen atoms in total. The van der Waals surface area contributed by atoms with Crippen LogP contribution in [-0.2, 0) is 6.54 Å². The van der Waals surface area contributed by atoms with Crippen molar-refractivity contribution in [3.8, 4) is 11.3 Å². The fourth-order valence-electron chi connectivity index (χ4n) is 1.37. The number of benzene rings is 1. The fraction of sp³-hybridized carbons (Fsp3) is 0.0909. The summed E-state index contributed by atoms with van der Waals surface area (Å²) in [7, 11) is 0. The van der Waals surface area contributed by atoms with Crippen LogP contribution in [0.2, 0.25) is 5.02 Å². The van der Waals surface area contributed by atoms with Gasteiger partial charge >= 0.3 is 0 Å². The van der Waals surface area contributed by atoms with E-state index in [1.807, 2.05) is 24.3 Å². The van der Waals surface area contributed by atoms with Crippen molar-refractivity contribution >= 4 is 11.6 Å². The molecule has 76 valence electrons. The van der Waals surface area contributed by atoms with E-state index in [1.165, 1.54) is 0 Å². The molecular weight excluding hydrogens is 210 g/mol. The quantitative estimate of drug-likeness (QED) is 0.843. The molecule has 2 N–H and O–H groups in total. The van der Waals surface area contributed by atoms with Crippen LogP contribution in [0.15, 0.2) is 36.7 Å². The Balaban J connectivity index is 2.49. The van der Waals surface area contributed by atoms with Crippen molar-refractivity contribution in [1.29, 1.82) is 0 Å². The molecule has 1 aromatic carbocycles. The summed E-state index contributed by atoms with van der Waals surface area (Å²) in [6.45, 7) is 0.381. The van der Waals surface area contributed by atoms with E-state index in [-0.39, 0.29) is 0 Å². The van der Waals surface area contributed by atoms with Gasteiger partial charge in [-0.2, -0.15) is 0 Å². The minimum absolute atomic E-state index is 0.381. The summed E-state index contributed by atoms with van der Waals surface area (Å²) in [5.74, 6) is 0. The van der Waals surface area contributed by atoms with Crippen LogP contribution < -0.4 is 5.73 Å². The molecule has 0 aliphatic carbocycles. The lowest BCUT2D eigenvalue weighted by Crippen LogP contribution is -2.03. The van der Waals surface area contributed by atoms with Crippen LogP contribution in [0, 0.1) is 0 Å². The monoisotopic (exact) mass is 219 g/mol. The van der Waals surface area contributed by atoms with Crippen LogP contribution in [0.1, 0.15) is 5.69 Å². The maximum absolute atomic E-state index is 5.81. The third kappa shape index (κ3) is 2.14. The van der Waals surface area contributed by atoms with Gasteiger partial charge < -0.3 is 5.73 Å². The molecule has 0 spiro atoms. The Hall–Kier alpha value is -1.45. The molecule has 0 atom stereocenters. The molecule has 15 heavy (non-hydrogen) atoms. The number of halogens is 1. The van der Waals surface area contributed by atoms with Gasteiger partial charge in [0.1, 0.15) is 0 Å². The maximum atomic E-state index is 5.81. The van der Waals surface area contributed by atoms with Crippen LogP contribution in [0.4, 0.5) is 0 Å². The van der Waals surface area contributed by atoms with Gasteiger partial charge in [0.2, 0.25) is 0 Å². The van der Waals surface area contributed by atoms with Crippen molar-refractivity contribution < 1.29 is 0 Å². The summed E-state index contributed by atoms with van der Waals surface area (Å²) in [5.41, 5.74) is 8.18. The predicted octanol–water partition coefficient (Wildman–Crippen LogP) is 2.26. The van der Waals surface area contributed by atoms with Crippen LogP contribution in [0.25, 0.3) is 11.3 Å². The van der Waals surface area contributed by atoms with Crippen molar-refractivity contribution in [3.63, 3.8) is 0 Å². The van der Waals surface area contributed by atoms with Gasteiger partial charge in [-0.05, 0) is 12.1 Å². The molecule has 4 heteroatoms. The second-order valence-corrected chi connectivity index (χ2v) is 3.50. The van der Waals surface area contributed by atoms with E-state index >= 15 is 0 Å². The van der Waals surface area contributed by atoms with Crippen LogP contribution in [0.3, 0.4) is 0 Å². The Kier molecular flexibility index (Phi) is 2.94. The summed E-state index contributed by atoms with van der Waals surface area (Å²) >= 11 is 5.81. The number of nitrogens with zero attached hydrogens (tertiary/aromatic N) is 2. The van der Waals surface area contributed by atoms with Crippen molar-refractivity contribution in [1.82, 2.24) is 9.97 Å². The van der Waals surface area contributed by atoms with E-state index in [1.54, 1.807) is 12.4 Å². The van der Waals surface area contributed by atoms with Crippen molar-refractivity contribution in [2.45, 2.75) is 6.54 Å². The predicted molar refractivity (Wildman–Crippen MR) is 60.4 cm³/mol. The summed E-state index contributed by atoms with van der Waals surface area (Å²) in [6.07, 6.45) is 3.30. The highest BCUT2D eigenvalue weighted by Gasteiger charge is 2.05. The molecule has 0 aliphatic heterocycles. The van der Waals surface area contributed by atoms with Crippen molar-refractivity contribution in [3.05, 3.63) is 47.4 Å². The Morgan fingerprint density at radius 3 is 2.40 bits per heavy atom. The SMILES string of the molecule is NCc1nccnc1-c1ccc(Cl)cc1. The first-order valence-corrected chi connectivity index (χ1v) is 4.95. The zero-order chi connectivity index (χ0) is 10.7. The maximum Gasteiger partial charge on any atom is 0.0930 e. The first-order valence-electron chi connectivity index (χ1n) is 4.57. The van der Waals surface area contributed by atoms with Gasteiger partial charge in [-0.15, -0.1) is 0 Å². The third-order valence-electron chi connectivity index (χ3n) is 2.09. The van der Waals surface area contributed by atoms with Gasteiger partial charge in [0.25, 0.3) is 0 Å². The molecule has 0 fully saturated rings. The molecule has 0 radical (unpaired) electrons. The Morgan fingerprint density at radius 1 is 1.07 bits per heavy atom. The molecule has 1 aromatic heterocycles. The second kappa shape index (κ2) is 4.38. The lowest BCUT2D eigenvalue weighted by molar-refractivity contribution is 0.969. The molecule has 0 saturated carbocycles. The molecular formula is C11H10ClN3. The minimum Gasteiger partial charge on any atom is -0.325 e. The Labute approximate surface area is 92.9 Å². The average Bonchev–Trinajstić information content (AvgIpc) is 2.30. The van der Waals surface area contributed by atoms with Crippen LogP contribution in [0.5, 0.6) is 0 Å². The lowest BCUT2D eigenvalue weighted by Gasteiger charge is -2.04. The average molecular weight is 220 g/mol. The van der Waals surface area contributed by atoms with Gasteiger partial charge in [-0.1, -0.05) is 23.7 Å². The van der Waals surface area contributed by atoms with Gasteiger partial charge in [-0.25, -0.2) is 0 Å². The largest absolute Gasteiger partial charge is 0.325 e. The van der Waals surface area contributed by atoms with E-state index in [9.17, 15) is 0 Å². The summed E-state index contributed by atoms with van der Waals surface area (Å²) in [6, 6.07) is 7.47. The van der Waals surface area contributed by atoms with E-state index in [4.69, 9.17) is 17.3 Å². The number of hydrogen-bond acceptors (Lipinski definition) is 3. The molecule has 1 heterocycles. The van der Waals surface area contributed by atoms with E-state index in [2.05, 4.69) is 9.97 Å². The topological polar surface area (TPSA) is 51.8 Å². The van der Waals surface area contributed by atoms with Crippen molar-refractivity contribution in [2.24, 2.45) is 5.73 Å². The number of hydrogen-bond donors (Lipinski definition) is 1. The standard InChI is InChI=1S/C11H10ClN3/c12-9-3-1-8(2-4-9)11-10(7-13)14-5-6-15-11/h1-6H,7,13H2. The normalized spacial score (nSPS) is 10.3. The van der Waals surface area contributed by atoms with Crippen molar-refractivity contribution in [2.75, 3.05) is 0 Å². The van der Waals surface area contributed by atoms with E-state index in [0.717, 1.165) is 17.0 Å². The van der Waals surface area contributed by atoms with Gasteiger partial charge in [0, 0.05) is 29.5 Å². The summed E-state index contributed by atoms with van der Waals surface area (Å²) in [5, 5.41) is 0.705. The highest BCUT2D eigenvalue weighted by molar-refractivity contribution is 6.30. The van der Waals surface area contributed by atoms with Gasteiger partial charge in [-0.3, -0.25) is 9.97 Å². The van der Waals surface area contributed by atoms with E-state index < -0.39 is 0 Å². The van der Waals surface area contributed by atoms with E-state index in [0.29, 0.717) is 11.6 Å². The lowest BCUT2D eigenvalue weighted by atomic mass is 10.1. The first-order chi connectivity index (χ1) is 7.31. The molecule has 0 unspecified atom stereocenters. The zero-order valence-electron chi connectivity index (χ0n) is 8.02. The second-order valence-electron chi connectivity index (χ2n) is 3.06. The number of nitrogens with two attached hydrogens (primary N) is 1. The summed E-state index contributed by atoms with van der Waals surface area (Å²) < 4.78 is 0. The zero-order valence-corrected chi connectivity index (χ0v) is 8.78. The fourth-order valence-corrected chi connectivity index (χ4v) is 1.49. The molecule has 0 bridgehead atoms.